The molecule has 1 N–H and O–H groups in total. The molecule has 6 heteroatoms. The third kappa shape index (κ3) is 3.91. The van der Waals surface area contributed by atoms with Gasteiger partial charge < -0.3 is 5.32 Å². The molecule has 0 saturated heterocycles. The third-order valence-electron chi connectivity index (χ3n) is 3.68. The summed E-state index contributed by atoms with van der Waals surface area (Å²) in [6.07, 6.45) is 0. The number of anilines is 1. The molecule has 0 bridgehead atoms. The zero-order chi connectivity index (χ0) is 17.8. The van der Waals surface area contributed by atoms with Crippen molar-refractivity contribution < 1.29 is 4.79 Å². The average Bonchev–Trinajstić information content (AvgIpc) is 2.60. The lowest BCUT2D eigenvalue weighted by Crippen LogP contribution is -2.25. The minimum Gasteiger partial charge on any atom is -0.325 e. The summed E-state index contributed by atoms with van der Waals surface area (Å²) in [5.74, 6) is 0.0563. The molecule has 5 nitrogen and oxygen atoms in total. The van der Waals surface area contributed by atoms with E-state index in [9.17, 15) is 9.59 Å². The fourth-order valence-electron chi connectivity index (χ4n) is 2.53. The standard InChI is InChI=1S/C19H19N3O2S/c1-13(2)22-18(24)15-10-6-7-11-16(15)21-19(22)25-12-17(23)20-14-8-4-3-5-9-14/h3-11,13H,12H2,1-2H3,(H,20,23). The van der Waals surface area contributed by atoms with Crippen LogP contribution in [0.2, 0.25) is 0 Å². The maximum absolute atomic E-state index is 12.7. The number of aromatic nitrogens is 2. The first-order valence-corrected chi connectivity index (χ1v) is 9.04. The second-order valence-electron chi connectivity index (χ2n) is 5.88. The molecule has 0 unspecified atom stereocenters. The molecule has 3 aromatic rings. The molecule has 0 atom stereocenters. The SMILES string of the molecule is CC(C)n1c(SCC(=O)Nc2ccccc2)nc2ccccc2c1=O. The van der Waals surface area contributed by atoms with E-state index in [4.69, 9.17) is 0 Å². The van der Waals surface area contributed by atoms with E-state index in [0.717, 1.165) is 5.69 Å². The van der Waals surface area contributed by atoms with E-state index in [1.807, 2.05) is 62.4 Å². The van der Waals surface area contributed by atoms with Crippen LogP contribution in [0, 0.1) is 0 Å². The number of nitrogens with one attached hydrogen (secondary N) is 1. The van der Waals surface area contributed by atoms with Crippen molar-refractivity contribution in [3.8, 4) is 0 Å². The van der Waals surface area contributed by atoms with Crippen LogP contribution in [0.25, 0.3) is 10.9 Å². The van der Waals surface area contributed by atoms with Crippen molar-refractivity contribution >= 4 is 34.3 Å². The minimum absolute atomic E-state index is 0.0377. The van der Waals surface area contributed by atoms with Gasteiger partial charge in [0.1, 0.15) is 0 Å². The summed E-state index contributed by atoms with van der Waals surface area (Å²) in [4.78, 5) is 29.5. The zero-order valence-electron chi connectivity index (χ0n) is 14.1. The Morgan fingerprint density at radius 3 is 2.52 bits per heavy atom. The normalized spacial score (nSPS) is 11.0. The molecule has 1 heterocycles. The number of fused-ring (bicyclic) bond motifs is 1. The summed E-state index contributed by atoms with van der Waals surface area (Å²) in [6, 6.07) is 16.5. The Morgan fingerprint density at radius 1 is 1.12 bits per heavy atom. The van der Waals surface area contributed by atoms with Crippen LogP contribution in [0.4, 0.5) is 5.69 Å². The van der Waals surface area contributed by atoms with Crippen molar-refractivity contribution in [2.75, 3.05) is 11.1 Å². The summed E-state index contributed by atoms with van der Waals surface area (Å²) in [6.45, 7) is 3.87. The van der Waals surface area contributed by atoms with Gasteiger partial charge in [-0.3, -0.25) is 14.2 Å². The largest absolute Gasteiger partial charge is 0.325 e. The molecule has 128 valence electrons. The topological polar surface area (TPSA) is 64.0 Å². The number of amides is 1. The summed E-state index contributed by atoms with van der Waals surface area (Å²) < 4.78 is 1.64. The number of rotatable bonds is 5. The minimum atomic E-state index is -0.131. The van der Waals surface area contributed by atoms with Crippen LogP contribution in [0.3, 0.4) is 0 Å². The van der Waals surface area contributed by atoms with Crippen LogP contribution < -0.4 is 10.9 Å². The van der Waals surface area contributed by atoms with E-state index >= 15 is 0 Å². The monoisotopic (exact) mass is 353 g/mol. The number of benzene rings is 2. The summed E-state index contributed by atoms with van der Waals surface area (Å²) in [5.41, 5.74) is 1.32. The molecule has 0 spiro atoms. The molecule has 0 fully saturated rings. The molecule has 0 radical (unpaired) electrons. The van der Waals surface area contributed by atoms with E-state index in [-0.39, 0.29) is 23.3 Å². The molecule has 2 aromatic carbocycles. The Bertz CT molecular complexity index is 952. The molecule has 0 aliphatic carbocycles. The van der Waals surface area contributed by atoms with Crippen LogP contribution in [0.5, 0.6) is 0 Å². The first-order chi connectivity index (χ1) is 12.1. The average molecular weight is 353 g/mol. The molecular formula is C19H19N3O2S. The Kier molecular flexibility index (Phi) is 5.19. The van der Waals surface area contributed by atoms with Crippen molar-refractivity contribution in [3.05, 3.63) is 65.0 Å². The lowest BCUT2D eigenvalue weighted by Gasteiger charge is -2.16. The maximum Gasteiger partial charge on any atom is 0.262 e. The van der Waals surface area contributed by atoms with E-state index < -0.39 is 0 Å². The van der Waals surface area contributed by atoms with Gasteiger partial charge in [-0.2, -0.15) is 0 Å². The fourth-order valence-corrected chi connectivity index (χ4v) is 3.46. The number of carbonyl (C=O) groups is 1. The second kappa shape index (κ2) is 7.53. The number of thioether (sulfide) groups is 1. The van der Waals surface area contributed by atoms with E-state index in [2.05, 4.69) is 10.3 Å². The van der Waals surface area contributed by atoms with E-state index in [1.54, 1.807) is 10.6 Å². The van der Waals surface area contributed by atoms with E-state index in [1.165, 1.54) is 11.8 Å². The quantitative estimate of drug-likeness (QED) is 0.561. The van der Waals surface area contributed by atoms with Crippen molar-refractivity contribution in [1.29, 1.82) is 0 Å². The highest BCUT2D eigenvalue weighted by atomic mass is 32.2. The molecule has 1 amide bonds. The Labute approximate surface area is 150 Å². The van der Waals surface area contributed by atoms with Crippen molar-refractivity contribution in [2.24, 2.45) is 0 Å². The third-order valence-corrected chi connectivity index (χ3v) is 4.63. The number of hydrogen-bond donors (Lipinski definition) is 1. The Morgan fingerprint density at radius 2 is 1.80 bits per heavy atom. The highest BCUT2D eigenvalue weighted by Gasteiger charge is 2.15. The van der Waals surface area contributed by atoms with Gasteiger partial charge in [0.25, 0.3) is 5.56 Å². The fraction of sp³-hybridized carbons (Fsp3) is 0.211. The van der Waals surface area contributed by atoms with Crippen molar-refractivity contribution in [1.82, 2.24) is 9.55 Å². The second-order valence-corrected chi connectivity index (χ2v) is 6.83. The Balaban J connectivity index is 1.84. The van der Waals surface area contributed by atoms with Crippen LogP contribution in [-0.4, -0.2) is 21.2 Å². The highest BCUT2D eigenvalue weighted by Crippen LogP contribution is 2.21. The maximum atomic E-state index is 12.7. The predicted molar refractivity (Wildman–Crippen MR) is 102 cm³/mol. The molecular weight excluding hydrogens is 334 g/mol. The lowest BCUT2D eigenvalue weighted by atomic mass is 10.2. The number of carbonyl (C=O) groups excluding carboxylic acids is 1. The predicted octanol–water partition coefficient (Wildman–Crippen LogP) is 3.71. The highest BCUT2D eigenvalue weighted by molar-refractivity contribution is 7.99. The molecule has 0 saturated carbocycles. The van der Waals surface area contributed by atoms with Gasteiger partial charge in [0, 0.05) is 11.7 Å². The van der Waals surface area contributed by atoms with Crippen LogP contribution >= 0.6 is 11.8 Å². The number of para-hydroxylation sites is 2. The van der Waals surface area contributed by atoms with Crippen LogP contribution in [0.1, 0.15) is 19.9 Å². The van der Waals surface area contributed by atoms with Gasteiger partial charge in [-0.25, -0.2) is 4.98 Å². The molecule has 3 rings (SSSR count). The van der Waals surface area contributed by atoms with Gasteiger partial charge in [0.2, 0.25) is 5.91 Å². The first kappa shape index (κ1) is 17.2. The number of nitrogens with zero attached hydrogens (tertiary/aromatic N) is 2. The molecule has 0 aliphatic heterocycles. The molecule has 0 aliphatic rings. The molecule has 25 heavy (non-hydrogen) atoms. The summed E-state index contributed by atoms with van der Waals surface area (Å²) in [5, 5.41) is 3.99. The summed E-state index contributed by atoms with van der Waals surface area (Å²) >= 11 is 1.27. The van der Waals surface area contributed by atoms with Gasteiger partial charge in [-0.15, -0.1) is 0 Å². The zero-order valence-corrected chi connectivity index (χ0v) is 14.9. The summed E-state index contributed by atoms with van der Waals surface area (Å²) in [7, 11) is 0. The first-order valence-electron chi connectivity index (χ1n) is 8.05. The molecule has 1 aromatic heterocycles. The van der Waals surface area contributed by atoms with Crippen LogP contribution in [-0.2, 0) is 4.79 Å². The van der Waals surface area contributed by atoms with Gasteiger partial charge >= 0.3 is 0 Å². The van der Waals surface area contributed by atoms with E-state index in [0.29, 0.717) is 16.1 Å². The van der Waals surface area contributed by atoms with Gasteiger partial charge in [-0.05, 0) is 38.1 Å². The number of hydrogen-bond acceptors (Lipinski definition) is 4. The smallest absolute Gasteiger partial charge is 0.262 e. The Hall–Kier alpha value is -2.60. The van der Waals surface area contributed by atoms with Gasteiger partial charge in [0.05, 0.1) is 16.7 Å². The van der Waals surface area contributed by atoms with Crippen molar-refractivity contribution in [2.45, 2.75) is 25.0 Å². The lowest BCUT2D eigenvalue weighted by molar-refractivity contribution is -0.113. The van der Waals surface area contributed by atoms with Gasteiger partial charge in [0.15, 0.2) is 5.16 Å². The van der Waals surface area contributed by atoms with Crippen LogP contribution in [0.15, 0.2) is 64.5 Å². The van der Waals surface area contributed by atoms with Crippen molar-refractivity contribution in [3.63, 3.8) is 0 Å². The van der Waals surface area contributed by atoms with Gasteiger partial charge in [-0.1, -0.05) is 42.1 Å².